The van der Waals surface area contributed by atoms with Gasteiger partial charge in [-0.25, -0.2) is 0 Å². The van der Waals surface area contributed by atoms with Crippen LogP contribution in [0.15, 0.2) is 137 Å². The van der Waals surface area contributed by atoms with Gasteiger partial charge in [0, 0.05) is 0 Å². The third kappa shape index (κ3) is 7.37. The van der Waals surface area contributed by atoms with E-state index in [9.17, 15) is 0 Å². The van der Waals surface area contributed by atoms with E-state index in [1.807, 2.05) is 0 Å². The molecule has 0 saturated heterocycles. The topological polar surface area (TPSA) is 0 Å². The van der Waals surface area contributed by atoms with Crippen molar-refractivity contribution in [2.24, 2.45) is 5.92 Å². The molecule has 3 heteroatoms. The zero-order valence-electron chi connectivity index (χ0n) is 29.7. The molecule has 0 amide bonds. The number of hydrogen-bond donors (Lipinski definition) is 0. The van der Waals surface area contributed by atoms with E-state index < -0.39 is 21.3 Å². The molecule has 2 aliphatic rings. The van der Waals surface area contributed by atoms with Gasteiger partial charge in [0.15, 0.2) is 0 Å². The van der Waals surface area contributed by atoms with Gasteiger partial charge < -0.3 is 24.8 Å². The summed E-state index contributed by atoms with van der Waals surface area (Å²) in [6.45, 7) is 16.6. The molecule has 1 atom stereocenters. The van der Waals surface area contributed by atoms with Crippen LogP contribution in [-0.4, -0.2) is 3.21 Å². The van der Waals surface area contributed by atoms with Crippen molar-refractivity contribution < 1.29 is 46.1 Å². The summed E-state index contributed by atoms with van der Waals surface area (Å²) in [4.78, 5) is 0. The Kier molecular flexibility index (Phi) is 11.1. The van der Waals surface area contributed by atoms with Crippen molar-refractivity contribution in [2.75, 3.05) is 0 Å². The molecule has 0 fully saturated rings. The van der Waals surface area contributed by atoms with E-state index in [-0.39, 0.29) is 35.6 Å². The summed E-state index contributed by atoms with van der Waals surface area (Å²) in [5.41, 5.74) is 14.4. The predicted molar refractivity (Wildman–Crippen MR) is 199 cm³/mol. The van der Waals surface area contributed by atoms with Crippen molar-refractivity contribution in [3.05, 3.63) is 176 Å². The summed E-state index contributed by atoms with van der Waals surface area (Å²) >= 11 is -2.91. The second-order valence-electron chi connectivity index (χ2n) is 15.5. The fraction of sp³-hybridized carbons (Fsp3) is 0.239. The van der Waals surface area contributed by atoms with E-state index in [1.165, 1.54) is 50.1 Å². The first-order chi connectivity index (χ1) is 22.5. The third-order valence-electron chi connectivity index (χ3n) is 10.0. The molecule has 5 aromatic carbocycles. The van der Waals surface area contributed by atoms with Crippen LogP contribution in [0.3, 0.4) is 0 Å². The van der Waals surface area contributed by atoms with Crippen LogP contribution in [0.4, 0.5) is 0 Å². The zero-order chi connectivity index (χ0) is 32.9. The van der Waals surface area contributed by atoms with Crippen molar-refractivity contribution in [1.29, 1.82) is 0 Å². The Balaban J connectivity index is 0.00000234. The molecular formula is C46H46Cl2Zr. The molecule has 5 aromatic rings. The Morgan fingerprint density at radius 3 is 1.69 bits per heavy atom. The number of fused-ring (bicyclic) bond motifs is 3. The minimum atomic E-state index is -2.91. The molecule has 0 aliphatic heterocycles. The zero-order valence-corrected chi connectivity index (χ0v) is 33.7. The maximum Gasteiger partial charge on any atom is -1.00 e. The minimum absolute atomic E-state index is 0. The summed E-state index contributed by atoms with van der Waals surface area (Å²) in [5, 5.41) is 0. The number of rotatable bonds is 5. The molecule has 2 aliphatic carbocycles. The minimum Gasteiger partial charge on any atom is -1.00 e. The molecule has 0 saturated carbocycles. The Bertz CT molecular complexity index is 2010. The average Bonchev–Trinajstić information content (AvgIpc) is 3.63. The van der Waals surface area contributed by atoms with Crippen LogP contribution in [0.25, 0.3) is 16.7 Å². The first-order valence-electron chi connectivity index (χ1n) is 17.1. The van der Waals surface area contributed by atoms with Gasteiger partial charge in [-0.1, -0.05) is 0 Å². The van der Waals surface area contributed by atoms with E-state index >= 15 is 0 Å². The van der Waals surface area contributed by atoms with Crippen molar-refractivity contribution in [1.82, 2.24) is 0 Å². The molecule has 0 nitrogen and oxygen atoms in total. The molecule has 0 N–H and O–H groups in total. The van der Waals surface area contributed by atoms with Crippen LogP contribution < -0.4 is 28.1 Å². The van der Waals surface area contributed by atoms with Crippen molar-refractivity contribution in [2.45, 2.75) is 65.7 Å². The Morgan fingerprint density at radius 1 is 0.612 bits per heavy atom. The monoisotopic (exact) mass is 758 g/mol. The van der Waals surface area contributed by atoms with Gasteiger partial charge in [0.1, 0.15) is 0 Å². The van der Waals surface area contributed by atoms with E-state index in [2.05, 4.69) is 182 Å². The van der Waals surface area contributed by atoms with Gasteiger partial charge in [-0.3, -0.25) is 0 Å². The van der Waals surface area contributed by atoms with E-state index in [4.69, 9.17) is 0 Å². The molecular weight excluding hydrogens is 715 g/mol. The summed E-state index contributed by atoms with van der Waals surface area (Å²) in [7, 11) is 0. The predicted octanol–water partition coefficient (Wildman–Crippen LogP) is 4.99. The summed E-state index contributed by atoms with van der Waals surface area (Å²) in [5.74, 6) is 0.382. The number of allylic oxidation sites excluding steroid dienone is 4. The normalized spacial score (nSPS) is 14.7. The molecule has 0 heterocycles. The Morgan fingerprint density at radius 2 is 1.14 bits per heavy atom. The number of benzene rings is 5. The molecule has 0 bridgehead atoms. The van der Waals surface area contributed by atoms with Gasteiger partial charge >= 0.3 is 292 Å². The van der Waals surface area contributed by atoms with Crippen LogP contribution in [-0.2, 0) is 38.5 Å². The third-order valence-corrected chi connectivity index (χ3v) is 18.0. The average molecular weight is 761 g/mol. The number of halogens is 2. The van der Waals surface area contributed by atoms with E-state index in [0.717, 1.165) is 6.42 Å². The largest absolute Gasteiger partial charge is 1.00 e. The SMILES string of the molecule is CC1C=C(c2ccccc2)C=[C]1[Zr+2](=[C](c1ccccc1)c1ccccc1)[c]1cc(C(C)(C)C)cc2c1Cc1ccc(C(C)(C)C)cc1-2.[Cl-].[Cl-]. The summed E-state index contributed by atoms with van der Waals surface area (Å²) < 4.78 is 4.88. The fourth-order valence-electron chi connectivity index (χ4n) is 7.31. The van der Waals surface area contributed by atoms with Crippen LogP contribution in [0.5, 0.6) is 0 Å². The Labute approximate surface area is 314 Å². The molecule has 248 valence electrons. The molecule has 0 radical (unpaired) electrons. The maximum absolute atomic E-state index is 2.91. The van der Waals surface area contributed by atoms with Gasteiger partial charge in [-0.05, 0) is 0 Å². The molecule has 1 unspecified atom stereocenters. The van der Waals surface area contributed by atoms with Gasteiger partial charge in [-0.15, -0.1) is 0 Å². The molecule has 49 heavy (non-hydrogen) atoms. The van der Waals surface area contributed by atoms with Crippen LogP contribution >= 0.6 is 0 Å². The number of hydrogen-bond acceptors (Lipinski definition) is 0. The van der Waals surface area contributed by atoms with Gasteiger partial charge in [0.05, 0.1) is 0 Å². The standard InChI is InChI=1S/C21H25.C13H10.C12H11.2ClH.Zr/c1-20(2,3)16-9-7-14-11-15-8-10-17(21(4,5)6)13-19(15)18(14)12-16;1-3-7-12(8-4-1)11-13-9-5-2-6-10-13;1-10-7-8-12(9-10)11-5-3-2-4-6-11;;;/h7,9-10,12-13H,11H2,1-6H3;1-10H;2-6,8-10H,1H3;2*1H;/q;;;;;+2/p-2. The van der Waals surface area contributed by atoms with Crippen LogP contribution in [0.1, 0.15) is 87.4 Å². The summed E-state index contributed by atoms with van der Waals surface area (Å²) in [6.07, 6.45) is 6.13. The maximum atomic E-state index is 2.66. The van der Waals surface area contributed by atoms with Crippen LogP contribution in [0, 0.1) is 5.92 Å². The Hall–Kier alpha value is -3.09. The summed E-state index contributed by atoms with van der Waals surface area (Å²) in [6, 6.07) is 46.1. The van der Waals surface area contributed by atoms with Crippen molar-refractivity contribution in [3.63, 3.8) is 0 Å². The van der Waals surface area contributed by atoms with E-state index in [1.54, 1.807) is 15.3 Å². The second-order valence-corrected chi connectivity index (χ2v) is 21.3. The van der Waals surface area contributed by atoms with Crippen molar-refractivity contribution >= 4 is 12.1 Å². The smallest absolute Gasteiger partial charge is 1.00 e. The second kappa shape index (κ2) is 14.6. The first kappa shape index (κ1) is 37.2. The molecule has 7 rings (SSSR count). The van der Waals surface area contributed by atoms with E-state index in [0.29, 0.717) is 5.92 Å². The van der Waals surface area contributed by atoms with Crippen molar-refractivity contribution in [3.8, 4) is 11.1 Å². The fourth-order valence-corrected chi connectivity index (χ4v) is 15.8. The van der Waals surface area contributed by atoms with Crippen LogP contribution in [0.2, 0.25) is 0 Å². The van der Waals surface area contributed by atoms with Gasteiger partial charge in [0.25, 0.3) is 0 Å². The molecule has 0 aromatic heterocycles. The first-order valence-corrected chi connectivity index (χ1v) is 20.8. The van der Waals surface area contributed by atoms with Gasteiger partial charge in [0.2, 0.25) is 0 Å². The molecule has 0 spiro atoms. The quantitative estimate of drug-likeness (QED) is 0.233. The van der Waals surface area contributed by atoms with Gasteiger partial charge in [-0.2, -0.15) is 0 Å².